The van der Waals surface area contributed by atoms with Crippen LogP contribution in [0.5, 0.6) is 0 Å². The second kappa shape index (κ2) is 16.6. The zero-order valence-electron chi connectivity index (χ0n) is 34.2. The van der Waals surface area contributed by atoms with Gasteiger partial charge in [0.25, 0.3) is 0 Å². The lowest BCUT2D eigenvalue weighted by molar-refractivity contribution is 1.13. The van der Waals surface area contributed by atoms with Gasteiger partial charge in [-0.3, -0.25) is 0 Å². The molecule has 0 heterocycles. The van der Waals surface area contributed by atoms with Gasteiger partial charge in [-0.25, -0.2) is 0 Å². The molecule has 0 heteroatoms. The van der Waals surface area contributed by atoms with E-state index in [0.29, 0.717) is 0 Å². The molecule has 0 aliphatic carbocycles. The van der Waals surface area contributed by atoms with Gasteiger partial charge in [0.2, 0.25) is 0 Å². The van der Waals surface area contributed by atoms with Crippen molar-refractivity contribution in [2.24, 2.45) is 0 Å². The minimum atomic E-state index is 1.41. The minimum Gasteiger partial charge on any atom is -0.0558 e. The van der Waals surface area contributed by atoms with Crippen LogP contribution in [0.4, 0.5) is 0 Å². The van der Waals surface area contributed by atoms with Crippen LogP contribution < -0.4 is 0 Å². The van der Waals surface area contributed by atoms with Crippen molar-refractivity contribution in [3.8, 4) is 0 Å². The molecule has 46 heavy (non-hydrogen) atoms. The van der Waals surface area contributed by atoms with Crippen LogP contribution in [0.25, 0.3) is 0 Å². The largest absolute Gasteiger partial charge is 0.0558 e. The first kappa shape index (κ1) is 40.9. The quantitative estimate of drug-likeness (QED) is 0.183. The number of hydrogen-bond donors (Lipinski definition) is 0. The summed E-state index contributed by atoms with van der Waals surface area (Å²) in [6.45, 7) is 48.4. The Morgan fingerprint density at radius 2 is 0.239 bits per heavy atom. The van der Waals surface area contributed by atoms with Crippen LogP contribution in [0.15, 0.2) is 12.1 Å². The zero-order valence-corrected chi connectivity index (χ0v) is 34.2. The van der Waals surface area contributed by atoms with Crippen LogP contribution in [0.3, 0.4) is 0 Å². The summed E-state index contributed by atoms with van der Waals surface area (Å²) in [6, 6.07) is 4.52. The SMILES string of the molecule is Cc1c(C)c(C)c(C)c(C)c1C.Cc1c(C)c(C)c(C)c(C)c1C.Cc1cc(C)c(C)c(C)c1C.Cc1cc(C)c(C)c(C)c1C. The molecule has 0 saturated heterocycles. The highest BCUT2D eigenvalue weighted by Gasteiger charge is 2.09. The van der Waals surface area contributed by atoms with Gasteiger partial charge in [0.15, 0.2) is 0 Å². The molecule has 0 bridgehead atoms. The second-order valence-corrected chi connectivity index (χ2v) is 14.3. The lowest BCUT2D eigenvalue weighted by Gasteiger charge is -2.15. The van der Waals surface area contributed by atoms with Crippen molar-refractivity contribution in [1.29, 1.82) is 0 Å². The fourth-order valence-corrected chi connectivity index (χ4v) is 6.20. The van der Waals surface area contributed by atoms with Crippen molar-refractivity contribution in [1.82, 2.24) is 0 Å². The second-order valence-electron chi connectivity index (χ2n) is 14.3. The van der Waals surface area contributed by atoms with Crippen molar-refractivity contribution >= 4 is 0 Å². The summed E-state index contributed by atoms with van der Waals surface area (Å²) < 4.78 is 0. The van der Waals surface area contributed by atoms with Gasteiger partial charge in [-0.05, 0) is 275 Å². The normalized spacial score (nSPS) is 10.4. The van der Waals surface area contributed by atoms with Crippen molar-refractivity contribution in [2.45, 2.75) is 152 Å². The molecule has 0 aliphatic rings. The fraction of sp³-hybridized carbons (Fsp3) is 0.478. The predicted octanol–water partition coefficient (Wildman–Crippen LogP) is 13.5. The molecule has 0 saturated carbocycles. The lowest BCUT2D eigenvalue weighted by atomic mass is 9.90. The summed E-state index contributed by atoms with van der Waals surface area (Å²) in [7, 11) is 0. The van der Waals surface area contributed by atoms with E-state index in [0.717, 1.165) is 0 Å². The van der Waals surface area contributed by atoms with E-state index < -0.39 is 0 Å². The average Bonchev–Trinajstić information content (AvgIpc) is 3.03. The predicted molar refractivity (Wildman–Crippen MR) is 210 cm³/mol. The Morgan fingerprint density at radius 1 is 0.152 bits per heavy atom. The monoisotopic (exact) mass is 621 g/mol. The van der Waals surface area contributed by atoms with Gasteiger partial charge in [0, 0.05) is 0 Å². The molecule has 0 atom stereocenters. The van der Waals surface area contributed by atoms with Crippen LogP contribution in [-0.2, 0) is 0 Å². The number of aryl methyl sites for hydroxylation is 4. The first-order chi connectivity index (χ1) is 21.0. The van der Waals surface area contributed by atoms with Crippen LogP contribution in [0.1, 0.15) is 122 Å². The molecule has 4 aromatic carbocycles. The van der Waals surface area contributed by atoms with Crippen molar-refractivity contribution in [3.05, 3.63) is 135 Å². The zero-order chi connectivity index (χ0) is 36.1. The summed E-state index contributed by atoms with van der Waals surface area (Å²) in [5.74, 6) is 0. The molecule has 0 fully saturated rings. The molecule has 4 rings (SSSR count). The molecule has 0 N–H and O–H groups in total. The van der Waals surface area contributed by atoms with Gasteiger partial charge in [0.1, 0.15) is 0 Å². The third kappa shape index (κ3) is 9.02. The van der Waals surface area contributed by atoms with Crippen molar-refractivity contribution in [2.75, 3.05) is 0 Å². The van der Waals surface area contributed by atoms with E-state index in [1.807, 2.05) is 0 Å². The van der Waals surface area contributed by atoms with E-state index in [1.165, 1.54) is 122 Å². The molecule has 0 amide bonds. The highest BCUT2D eigenvalue weighted by molar-refractivity contribution is 5.50. The van der Waals surface area contributed by atoms with Gasteiger partial charge < -0.3 is 0 Å². The Balaban J connectivity index is 0.000000307. The molecule has 252 valence electrons. The Morgan fingerprint density at radius 3 is 0.348 bits per heavy atom. The van der Waals surface area contributed by atoms with E-state index in [1.54, 1.807) is 0 Å². The summed E-state index contributed by atoms with van der Waals surface area (Å²) >= 11 is 0. The lowest BCUT2D eigenvalue weighted by Crippen LogP contribution is -1.98. The number of hydrogen-bond acceptors (Lipinski definition) is 0. The number of benzene rings is 4. The first-order valence-electron chi connectivity index (χ1n) is 17.2. The Labute approximate surface area is 286 Å². The van der Waals surface area contributed by atoms with Gasteiger partial charge in [-0.2, -0.15) is 0 Å². The molecular weight excluding hydrogens is 553 g/mol. The summed E-state index contributed by atoms with van der Waals surface area (Å²) in [5, 5.41) is 0. The molecule has 0 spiro atoms. The van der Waals surface area contributed by atoms with E-state index in [4.69, 9.17) is 0 Å². The Kier molecular flexibility index (Phi) is 14.8. The van der Waals surface area contributed by atoms with E-state index in [9.17, 15) is 0 Å². The van der Waals surface area contributed by atoms with Gasteiger partial charge in [0.05, 0.1) is 0 Å². The van der Waals surface area contributed by atoms with Crippen LogP contribution in [0, 0.1) is 152 Å². The number of rotatable bonds is 0. The van der Waals surface area contributed by atoms with Crippen molar-refractivity contribution < 1.29 is 0 Å². The summed E-state index contributed by atoms with van der Waals surface area (Å²) in [5.41, 5.74) is 31.7. The van der Waals surface area contributed by atoms with Gasteiger partial charge in [-0.15, -0.1) is 0 Å². The maximum atomic E-state index is 2.26. The molecule has 0 unspecified atom stereocenters. The highest BCUT2D eigenvalue weighted by atomic mass is 14.1. The van der Waals surface area contributed by atoms with Gasteiger partial charge >= 0.3 is 0 Å². The minimum absolute atomic E-state index is 1.41. The fourth-order valence-electron chi connectivity index (χ4n) is 6.20. The molecule has 0 aliphatic heterocycles. The van der Waals surface area contributed by atoms with Crippen LogP contribution >= 0.6 is 0 Å². The summed E-state index contributed by atoms with van der Waals surface area (Å²) in [4.78, 5) is 0. The van der Waals surface area contributed by atoms with Gasteiger partial charge in [-0.1, -0.05) is 12.1 Å². The first-order valence-corrected chi connectivity index (χ1v) is 17.2. The van der Waals surface area contributed by atoms with E-state index in [2.05, 4.69) is 164 Å². The maximum Gasteiger partial charge on any atom is -0.0392 e. The smallest absolute Gasteiger partial charge is 0.0392 e. The van der Waals surface area contributed by atoms with Crippen LogP contribution in [0.2, 0.25) is 0 Å². The standard InChI is InChI=1S/2C12H18.2C11H16/c2*1-7-8(2)10(4)12(6)11(5)9(7)3;2*1-7-6-8(2)10(4)11(5)9(7)3/h2*1-6H3;2*6H,1-5H3. The maximum absolute atomic E-state index is 2.26. The van der Waals surface area contributed by atoms with Crippen molar-refractivity contribution in [3.63, 3.8) is 0 Å². The molecule has 4 aromatic rings. The third-order valence-electron chi connectivity index (χ3n) is 12.2. The topological polar surface area (TPSA) is 0 Å². The Bertz CT molecular complexity index is 1330. The third-order valence-corrected chi connectivity index (χ3v) is 12.2. The Hall–Kier alpha value is -3.12. The molecule has 0 aromatic heterocycles. The highest BCUT2D eigenvalue weighted by Crippen LogP contribution is 2.26. The molecule has 0 nitrogen and oxygen atoms in total. The molecular formula is C46H68. The molecule has 0 radical (unpaired) electrons. The van der Waals surface area contributed by atoms with E-state index in [-0.39, 0.29) is 0 Å². The summed E-state index contributed by atoms with van der Waals surface area (Å²) in [6.07, 6.45) is 0. The average molecular weight is 621 g/mol. The van der Waals surface area contributed by atoms with Crippen LogP contribution in [-0.4, -0.2) is 0 Å². The van der Waals surface area contributed by atoms with E-state index >= 15 is 0 Å².